The van der Waals surface area contributed by atoms with Gasteiger partial charge in [-0.05, 0) is 43.2 Å². The van der Waals surface area contributed by atoms with Crippen LogP contribution in [0.2, 0.25) is 0 Å². The molecule has 5 heteroatoms. The maximum atomic E-state index is 12.3. The SMILES string of the molecule is C[C@@H](C(=O)Nc1cccc(C#Cc2ccccn2)c1)n1ccnc1. The molecule has 1 amide bonds. The molecule has 1 atom stereocenters. The highest BCUT2D eigenvalue weighted by Gasteiger charge is 2.14. The van der Waals surface area contributed by atoms with Crippen LogP contribution in [0.1, 0.15) is 24.2 Å². The lowest BCUT2D eigenvalue weighted by Crippen LogP contribution is -2.22. The van der Waals surface area contributed by atoms with Crippen molar-refractivity contribution in [3.05, 3.63) is 78.6 Å². The Kier molecular flexibility index (Phi) is 4.68. The van der Waals surface area contributed by atoms with Gasteiger partial charge in [0.05, 0.1) is 6.33 Å². The van der Waals surface area contributed by atoms with Gasteiger partial charge in [-0.1, -0.05) is 18.1 Å². The summed E-state index contributed by atoms with van der Waals surface area (Å²) in [4.78, 5) is 20.4. The zero-order valence-corrected chi connectivity index (χ0v) is 13.2. The normalized spacial score (nSPS) is 11.2. The number of rotatable bonds is 3. The highest BCUT2D eigenvalue weighted by molar-refractivity contribution is 5.93. The van der Waals surface area contributed by atoms with Gasteiger partial charge in [0.1, 0.15) is 11.7 Å². The van der Waals surface area contributed by atoms with E-state index in [-0.39, 0.29) is 11.9 Å². The zero-order valence-electron chi connectivity index (χ0n) is 13.2. The predicted molar refractivity (Wildman–Crippen MR) is 92.2 cm³/mol. The van der Waals surface area contributed by atoms with Crippen LogP contribution in [0.25, 0.3) is 0 Å². The first-order chi connectivity index (χ1) is 11.7. The second-order valence-corrected chi connectivity index (χ2v) is 5.22. The van der Waals surface area contributed by atoms with Crippen molar-refractivity contribution in [1.29, 1.82) is 0 Å². The maximum Gasteiger partial charge on any atom is 0.247 e. The molecule has 0 aliphatic rings. The molecule has 0 bridgehead atoms. The zero-order chi connectivity index (χ0) is 16.8. The van der Waals surface area contributed by atoms with Gasteiger partial charge < -0.3 is 9.88 Å². The molecule has 2 aromatic heterocycles. The van der Waals surface area contributed by atoms with E-state index in [4.69, 9.17) is 0 Å². The Balaban J connectivity index is 1.72. The summed E-state index contributed by atoms with van der Waals surface area (Å²) >= 11 is 0. The topological polar surface area (TPSA) is 59.8 Å². The Bertz CT molecular complexity index is 876. The fourth-order valence-electron chi connectivity index (χ4n) is 2.13. The first-order valence-corrected chi connectivity index (χ1v) is 7.54. The molecule has 0 spiro atoms. The summed E-state index contributed by atoms with van der Waals surface area (Å²) in [6.07, 6.45) is 6.74. The molecular weight excluding hydrogens is 300 g/mol. The van der Waals surface area contributed by atoms with Crippen LogP contribution in [-0.2, 0) is 4.79 Å². The molecule has 24 heavy (non-hydrogen) atoms. The fourth-order valence-corrected chi connectivity index (χ4v) is 2.13. The van der Waals surface area contributed by atoms with Crippen molar-refractivity contribution in [3.63, 3.8) is 0 Å². The summed E-state index contributed by atoms with van der Waals surface area (Å²) in [5.41, 5.74) is 2.23. The third kappa shape index (κ3) is 3.87. The summed E-state index contributed by atoms with van der Waals surface area (Å²) in [6, 6.07) is 12.7. The maximum absolute atomic E-state index is 12.3. The van der Waals surface area contributed by atoms with E-state index < -0.39 is 0 Å². The first kappa shape index (κ1) is 15.5. The molecule has 118 valence electrons. The minimum Gasteiger partial charge on any atom is -0.325 e. The molecule has 0 aliphatic carbocycles. The Morgan fingerprint density at radius 1 is 1.17 bits per heavy atom. The summed E-state index contributed by atoms with van der Waals surface area (Å²) in [6.45, 7) is 1.82. The number of pyridine rings is 1. The average Bonchev–Trinajstić information content (AvgIpc) is 3.15. The van der Waals surface area contributed by atoms with E-state index in [1.807, 2.05) is 49.4 Å². The van der Waals surface area contributed by atoms with Crippen LogP contribution < -0.4 is 5.32 Å². The number of benzene rings is 1. The molecule has 1 aromatic carbocycles. The molecule has 0 unspecified atom stereocenters. The lowest BCUT2D eigenvalue weighted by atomic mass is 10.2. The molecule has 3 rings (SSSR count). The molecule has 1 N–H and O–H groups in total. The Morgan fingerprint density at radius 3 is 2.83 bits per heavy atom. The average molecular weight is 316 g/mol. The lowest BCUT2D eigenvalue weighted by molar-refractivity contribution is -0.118. The van der Waals surface area contributed by atoms with Gasteiger partial charge in [-0.3, -0.25) is 4.79 Å². The van der Waals surface area contributed by atoms with Crippen LogP contribution in [0, 0.1) is 11.8 Å². The van der Waals surface area contributed by atoms with Gasteiger partial charge >= 0.3 is 0 Å². The minimum absolute atomic E-state index is 0.108. The molecule has 5 nitrogen and oxygen atoms in total. The van der Waals surface area contributed by atoms with E-state index >= 15 is 0 Å². The van der Waals surface area contributed by atoms with Crippen molar-refractivity contribution in [3.8, 4) is 11.8 Å². The van der Waals surface area contributed by atoms with E-state index in [0.29, 0.717) is 11.4 Å². The van der Waals surface area contributed by atoms with Gasteiger partial charge in [0.2, 0.25) is 5.91 Å². The van der Waals surface area contributed by atoms with E-state index in [1.54, 1.807) is 29.5 Å². The molecule has 3 aromatic rings. The Morgan fingerprint density at radius 2 is 2.08 bits per heavy atom. The van der Waals surface area contributed by atoms with Crippen LogP contribution in [-0.4, -0.2) is 20.4 Å². The third-order valence-electron chi connectivity index (χ3n) is 3.48. The smallest absolute Gasteiger partial charge is 0.247 e. The van der Waals surface area contributed by atoms with Gasteiger partial charge in [0.15, 0.2) is 0 Å². The van der Waals surface area contributed by atoms with Gasteiger partial charge in [0.25, 0.3) is 0 Å². The number of aromatic nitrogens is 3. The lowest BCUT2D eigenvalue weighted by Gasteiger charge is -2.13. The molecular formula is C19H16N4O. The van der Waals surface area contributed by atoms with Crippen molar-refractivity contribution < 1.29 is 4.79 Å². The summed E-state index contributed by atoms with van der Waals surface area (Å²) in [7, 11) is 0. The number of anilines is 1. The number of nitrogens with zero attached hydrogens (tertiary/aromatic N) is 3. The summed E-state index contributed by atoms with van der Waals surface area (Å²) in [5.74, 6) is 5.94. The molecule has 2 heterocycles. The van der Waals surface area contributed by atoms with Gasteiger partial charge in [-0.25, -0.2) is 9.97 Å². The number of carbonyl (C=O) groups excluding carboxylic acids is 1. The van der Waals surface area contributed by atoms with Gasteiger partial charge in [0, 0.05) is 29.8 Å². The number of carbonyl (C=O) groups is 1. The third-order valence-corrected chi connectivity index (χ3v) is 3.48. The van der Waals surface area contributed by atoms with E-state index in [2.05, 4.69) is 27.1 Å². The van der Waals surface area contributed by atoms with Gasteiger partial charge in [-0.2, -0.15) is 0 Å². The number of amides is 1. The summed E-state index contributed by atoms with van der Waals surface area (Å²) < 4.78 is 1.75. The summed E-state index contributed by atoms with van der Waals surface area (Å²) in [5, 5.41) is 2.90. The van der Waals surface area contributed by atoms with Crippen molar-refractivity contribution in [1.82, 2.24) is 14.5 Å². The van der Waals surface area contributed by atoms with E-state index in [0.717, 1.165) is 5.56 Å². The first-order valence-electron chi connectivity index (χ1n) is 7.54. The number of nitrogens with one attached hydrogen (secondary N) is 1. The van der Waals surface area contributed by atoms with Crippen LogP contribution in [0.5, 0.6) is 0 Å². The Labute approximate surface area is 140 Å². The predicted octanol–water partition coefficient (Wildman–Crippen LogP) is 2.88. The van der Waals surface area contributed by atoms with Crippen LogP contribution >= 0.6 is 0 Å². The van der Waals surface area contributed by atoms with Crippen molar-refractivity contribution in [2.75, 3.05) is 5.32 Å². The highest BCUT2D eigenvalue weighted by Crippen LogP contribution is 2.13. The minimum atomic E-state index is -0.337. The second-order valence-electron chi connectivity index (χ2n) is 5.22. The van der Waals surface area contributed by atoms with Crippen LogP contribution in [0.3, 0.4) is 0 Å². The van der Waals surface area contributed by atoms with Crippen molar-refractivity contribution in [2.45, 2.75) is 13.0 Å². The van der Waals surface area contributed by atoms with Gasteiger partial charge in [-0.15, -0.1) is 0 Å². The second kappa shape index (κ2) is 7.25. The van der Waals surface area contributed by atoms with Crippen molar-refractivity contribution in [2.24, 2.45) is 0 Å². The molecule has 0 saturated carbocycles. The Hall–Kier alpha value is -3.39. The van der Waals surface area contributed by atoms with Crippen LogP contribution in [0.4, 0.5) is 5.69 Å². The highest BCUT2D eigenvalue weighted by atomic mass is 16.2. The van der Waals surface area contributed by atoms with Crippen LogP contribution in [0.15, 0.2) is 67.4 Å². The molecule has 0 aliphatic heterocycles. The monoisotopic (exact) mass is 316 g/mol. The quantitative estimate of drug-likeness (QED) is 0.756. The molecule has 0 fully saturated rings. The number of hydrogen-bond donors (Lipinski definition) is 1. The molecule has 0 saturated heterocycles. The number of imidazole rings is 1. The number of hydrogen-bond acceptors (Lipinski definition) is 3. The largest absolute Gasteiger partial charge is 0.325 e. The fraction of sp³-hybridized carbons (Fsp3) is 0.105. The standard InChI is InChI=1S/C19H16N4O/c1-15(23-12-11-20-14-23)19(24)22-18-7-4-5-16(13-18)8-9-17-6-2-3-10-21-17/h2-7,10-15H,1H3,(H,22,24)/t15-/m0/s1. The van der Waals surface area contributed by atoms with E-state index in [1.165, 1.54) is 0 Å². The van der Waals surface area contributed by atoms with Crippen molar-refractivity contribution >= 4 is 11.6 Å². The van der Waals surface area contributed by atoms with E-state index in [9.17, 15) is 4.79 Å². The molecule has 0 radical (unpaired) electrons.